The molecule has 108 valence electrons. The van der Waals surface area contributed by atoms with Crippen LogP contribution in [0.15, 0.2) is 18.5 Å². The SMILES string of the molecule is Cl.Cl.O=C(NCC[C@H]1CCCN1)c1cncc(F)c1. The van der Waals surface area contributed by atoms with E-state index in [1.54, 1.807) is 0 Å². The second kappa shape index (κ2) is 9.07. The molecule has 0 saturated carbocycles. The van der Waals surface area contributed by atoms with Gasteiger partial charge in [0.1, 0.15) is 5.82 Å². The van der Waals surface area contributed by atoms with Gasteiger partial charge in [0.2, 0.25) is 0 Å². The zero-order valence-corrected chi connectivity index (χ0v) is 12.0. The fourth-order valence-electron chi connectivity index (χ4n) is 2.00. The van der Waals surface area contributed by atoms with E-state index >= 15 is 0 Å². The Kier molecular flexibility index (Phi) is 8.63. The van der Waals surface area contributed by atoms with Gasteiger partial charge < -0.3 is 10.6 Å². The summed E-state index contributed by atoms with van der Waals surface area (Å²) < 4.78 is 12.8. The third kappa shape index (κ3) is 5.72. The number of carbonyl (C=O) groups is 1. The van der Waals surface area contributed by atoms with Gasteiger partial charge in [-0.3, -0.25) is 9.78 Å². The lowest BCUT2D eigenvalue weighted by Gasteiger charge is -2.10. The summed E-state index contributed by atoms with van der Waals surface area (Å²) in [7, 11) is 0. The molecule has 0 aromatic carbocycles. The zero-order valence-electron chi connectivity index (χ0n) is 10.4. The first-order chi connectivity index (χ1) is 8.25. The predicted molar refractivity (Wildman–Crippen MR) is 76.7 cm³/mol. The van der Waals surface area contributed by atoms with Crippen molar-refractivity contribution in [3.63, 3.8) is 0 Å². The van der Waals surface area contributed by atoms with Crippen molar-refractivity contribution in [1.82, 2.24) is 15.6 Å². The molecule has 0 unspecified atom stereocenters. The third-order valence-corrected chi connectivity index (χ3v) is 2.91. The lowest BCUT2D eigenvalue weighted by molar-refractivity contribution is 0.0951. The first-order valence-corrected chi connectivity index (χ1v) is 5.88. The van der Waals surface area contributed by atoms with Crippen LogP contribution in [0, 0.1) is 5.82 Å². The highest BCUT2D eigenvalue weighted by Crippen LogP contribution is 2.07. The average Bonchev–Trinajstić information content (AvgIpc) is 2.82. The summed E-state index contributed by atoms with van der Waals surface area (Å²) in [5.74, 6) is -0.759. The lowest BCUT2D eigenvalue weighted by Crippen LogP contribution is -2.30. The molecule has 2 rings (SSSR count). The molecule has 1 atom stereocenters. The van der Waals surface area contributed by atoms with E-state index in [1.807, 2.05) is 0 Å². The molecule has 1 fully saturated rings. The van der Waals surface area contributed by atoms with E-state index in [0.717, 1.165) is 25.6 Å². The normalized spacial score (nSPS) is 17.2. The fraction of sp³-hybridized carbons (Fsp3) is 0.500. The number of hydrogen-bond donors (Lipinski definition) is 2. The van der Waals surface area contributed by atoms with Crippen molar-refractivity contribution in [3.05, 3.63) is 29.8 Å². The van der Waals surface area contributed by atoms with E-state index < -0.39 is 5.82 Å². The minimum Gasteiger partial charge on any atom is -0.352 e. The van der Waals surface area contributed by atoms with Crippen molar-refractivity contribution in [3.8, 4) is 0 Å². The monoisotopic (exact) mass is 309 g/mol. The summed E-state index contributed by atoms with van der Waals surface area (Å²) in [6.07, 6.45) is 5.73. The summed E-state index contributed by atoms with van der Waals surface area (Å²) >= 11 is 0. The summed E-state index contributed by atoms with van der Waals surface area (Å²) in [5.41, 5.74) is 0.268. The highest BCUT2D eigenvalue weighted by molar-refractivity contribution is 5.93. The van der Waals surface area contributed by atoms with Crippen LogP contribution < -0.4 is 10.6 Å². The Morgan fingerprint density at radius 2 is 2.26 bits per heavy atom. The number of nitrogens with one attached hydrogen (secondary N) is 2. The Morgan fingerprint density at radius 3 is 2.89 bits per heavy atom. The quantitative estimate of drug-likeness (QED) is 0.893. The number of nitrogens with zero attached hydrogens (tertiary/aromatic N) is 1. The van der Waals surface area contributed by atoms with Crippen LogP contribution in [0.1, 0.15) is 29.6 Å². The minimum absolute atomic E-state index is 0. The number of hydrogen-bond acceptors (Lipinski definition) is 3. The molecule has 1 aliphatic rings. The fourth-order valence-corrected chi connectivity index (χ4v) is 2.00. The van der Waals surface area contributed by atoms with Gasteiger partial charge >= 0.3 is 0 Å². The Bertz CT molecular complexity index is 400. The van der Waals surface area contributed by atoms with Crippen molar-refractivity contribution >= 4 is 30.7 Å². The van der Waals surface area contributed by atoms with Gasteiger partial charge in [0.15, 0.2) is 0 Å². The van der Waals surface area contributed by atoms with E-state index in [9.17, 15) is 9.18 Å². The van der Waals surface area contributed by atoms with Gasteiger partial charge in [-0.25, -0.2) is 4.39 Å². The summed E-state index contributed by atoms with van der Waals surface area (Å²) in [4.78, 5) is 15.3. The largest absolute Gasteiger partial charge is 0.352 e. The van der Waals surface area contributed by atoms with E-state index in [1.165, 1.54) is 18.7 Å². The number of carbonyl (C=O) groups excluding carboxylic acids is 1. The molecule has 7 heteroatoms. The first-order valence-electron chi connectivity index (χ1n) is 5.88. The van der Waals surface area contributed by atoms with Gasteiger partial charge in [-0.2, -0.15) is 0 Å². The molecule has 1 amide bonds. The number of halogens is 3. The summed E-state index contributed by atoms with van der Waals surface area (Å²) in [6, 6.07) is 1.69. The van der Waals surface area contributed by atoms with Crippen LogP contribution in [-0.2, 0) is 0 Å². The second-order valence-corrected chi connectivity index (χ2v) is 4.23. The lowest BCUT2D eigenvalue weighted by atomic mass is 10.1. The van der Waals surface area contributed by atoms with E-state index in [0.29, 0.717) is 12.6 Å². The van der Waals surface area contributed by atoms with Crippen LogP contribution in [-0.4, -0.2) is 30.0 Å². The van der Waals surface area contributed by atoms with Crippen LogP contribution in [0.4, 0.5) is 4.39 Å². The van der Waals surface area contributed by atoms with Gasteiger partial charge in [-0.1, -0.05) is 0 Å². The van der Waals surface area contributed by atoms with Crippen molar-refractivity contribution < 1.29 is 9.18 Å². The Labute approximate surface area is 124 Å². The Hall–Kier alpha value is -0.910. The average molecular weight is 310 g/mol. The van der Waals surface area contributed by atoms with Gasteiger partial charge in [0.05, 0.1) is 11.8 Å². The van der Waals surface area contributed by atoms with Crippen molar-refractivity contribution in [2.45, 2.75) is 25.3 Å². The Balaban J connectivity index is 0.00000162. The summed E-state index contributed by atoms with van der Waals surface area (Å²) in [6.45, 7) is 1.67. The molecule has 4 nitrogen and oxygen atoms in total. The molecular weight excluding hydrogens is 292 g/mol. The highest BCUT2D eigenvalue weighted by Gasteiger charge is 2.14. The maximum Gasteiger partial charge on any atom is 0.252 e. The molecule has 1 saturated heterocycles. The summed E-state index contributed by atoms with van der Waals surface area (Å²) in [5, 5.41) is 6.12. The van der Waals surface area contributed by atoms with Crippen LogP contribution in [0.3, 0.4) is 0 Å². The third-order valence-electron chi connectivity index (χ3n) is 2.91. The molecule has 0 spiro atoms. The maximum atomic E-state index is 12.8. The number of aromatic nitrogens is 1. The molecule has 0 radical (unpaired) electrons. The van der Waals surface area contributed by atoms with Gasteiger partial charge in [0, 0.05) is 18.8 Å². The molecule has 1 aromatic rings. The van der Waals surface area contributed by atoms with Crippen molar-refractivity contribution in [2.75, 3.05) is 13.1 Å². The predicted octanol–water partition coefficient (Wildman–Crippen LogP) is 1.94. The number of rotatable bonds is 4. The van der Waals surface area contributed by atoms with Crippen LogP contribution in [0.5, 0.6) is 0 Å². The van der Waals surface area contributed by atoms with E-state index in [-0.39, 0.29) is 36.3 Å². The highest BCUT2D eigenvalue weighted by atomic mass is 35.5. The van der Waals surface area contributed by atoms with Crippen molar-refractivity contribution in [2.24, 2.45) is 0 Å². The molecule has 0 bridgehead atoms. The second-order valence-electron chi connectivity index (χ2n) is 4.23. The maximum absolute atomic E-state index is 12.8. The number of pyridine rings is 1. The van der Waals surface area contributed by atoms with Crippen molar-refractivity contribution in [1.29, 1.82) is 0 Å². The zero-order chi connectivity index (χ0) is 12.1. The molecule has 2 heterocycles. The standard InChI is InChI=1S/C12H16FN3O.2ClH/c13-10-6-9(7-14-8-10)12(17)16-5-3-11-2-1-4-15-11;;/h6-8,11,15H,1-5H2,(H,16,17);2*1H/t11-;;/m1../s1. The molecule has 0 aliphatic carbocycles. The molecule has 1 aromatic heterocycles. The van der Waals surface area contributed by atoms with Gasteiger partial charge in [-0.15, -0.1) is 24.8 Å². The van der Waals surface area contributed by atoms with Crippen LogP contribution >= 0.6 is 24.8 Å². The van der Waals surface area contributed by atoms with Gasteiger partial charge in [-0.05, 0) is 31.9 Å². The first kappa shape index (κ1) is 18.1. The minimum atomic E-state index is -0.491. The van der Waals surface area contributed by atoms with E-state index in [2.05, 4.69) is 15.6 Å². The molecular formula is C12H18Cl2FN3O. The topological polar surface area (TPSA) is 54.0 Å². The Morgan fingerprint density at radius 1 is 1.47 bits per heavy atom. The number of amides is 1. The smallest absolute Gasteiger partial charge is 0.252 e. The van der Waals surface area contributed by atoms with E-state index in [4.69, 9.17) is 0 Å². The molecule has 19 heavy (non-hydrogen) atoms. The molecule has 1 aliphatic heterocycles. The van der Waals surface area contributed by atoms with Crippen LogP contribution in [0.25, 0.3) is 0 Å². The van der Waals surface area contributed by atoms with Gasteiger partial charge in [0.25, 0.3) is 5.91 Å². The molecule has 2 N–H and O–H groups in total. The van der Waals surface area contributed by atoms with Crippen LogP contribution in [0.2, 0.25) is 0 Å².